The molecule has 160 valence electrons. The van der Waals surface area contributed by atoms with Crippen LogP contribution in [0.1, 0.15) is 28.2 Å². The van der Waals surface area contributed by atoms with E-state index >= 15 is 0 Å². The summed E-state index contributed by atoms with van der Waals surface area (Å²) in [6.45, 7) is 4.74. The highest BCUT2D eigenvalue weighted by molar-refractivity contribution is 6.00. The largest absolute Gasteiger partial charge is 0.482 e. The minimum Gasteiger partial charge on any atom is -0.482 e. The van der Waals surface area contributed by atoms with E-state index in [2.05, 4.69) is 0 Å². The average Bonchev–Trinajstić information content (AvgIpc) is 3.03. The van der Waals surface area contributed by atoms with Gasteiger partial charge in [0.1, 0.15) is 5.75 Å². The van der Waals surface area contributed by atoms with Crippen LogP contribution in [0.25, 0.3) is 0 Å². The first-order chi connectivity index (χ1) is 14.4. The monoisotopic (exact) mass is 414 g/mol. The number of amides is 1. The Hall–Kier alpha value is -3.13. The molecule has 0 N–H and O–H groups in total. The fraction of sp³-hybridized carbons (Fsp3) is 0.409. The van der Waals surface area contributed by atoms with Gasteiger partial charge in [-0.2, -0.15) is 0 Å². The summed E-state index contributed by atoms with van der Waals surface area (Å²) in [6, 6.07) is 8.95. The summed E-state index contributed by atoms with van der Waals surface area (Å²) in [7, 11) is 1.63. The number of fused-ring (bicyclic) bond motifs is 1. The molecule has 2 aromatic rings. The lowest BCUT2D eigenvalue weighted by Crippen LogP contribution is -2.40. The molecule has 0 saturated heterocycles. The van der Waals surface area contributed by atoms with Crippen molar-refractivity contribution in [2.75, 3.05) is 38.4 Å². The predicted molar refractivity (Wildman–Crippen MR) is 110 cm³/mol. The van der Waals surface area contributed by atoms with Crippen LogP contribution in [0.15, 0.2) is 30.3 Å². The van der Waals surface area contributed by atoms with Crippen molar-refractivity contribution in [3.05, 3.63) is 47.3 Å². The second-order valence-corrected chi connectivity index (χ2v) is 7.06. The zero-order valence-electron chi connectivity index (χ0n) is 17.5. The first-order valence-corrected chi connectivity index (χ1v) is 9.79. The molecule has 8 nitrogen and oxygen atoms in total. The van der Waals surface area contributed by atoms with Crippen LogP contribution in [0.2, 0.25) is 0 Å². The van der Waals surface area contributed by atoms with Crippen LogP contribution in [0.5, 0.6) is 5.75 Å². The number of carbonyl (C=O) groups excluding carboxylic acids is 3. The normalized spacial score (nSPS) is 13.0. The molecule has 1 aromatic heterocycles. The molecule has 0 spiro atoms. The molecule has 0 unspecified atom stereocenters. The van der Waals surface area contributed by atoms with Crippen molar-refractivity contribution >= 4 is 23.3 Å². The van der Waals surface area contributed by atoms with E-state index in [1.54, 1.807) is 31.4 Å². The summed E-state index contributed by atoms with van der Waals surface area (Å²) in [5.41, 5.74) is 2.93. The summed E-state index contributed by atoms with van der Waals surface area (Å²) in [6.07, 6.45) is -0.0137. The Kier molecular flexibility index (Phi) is 6.89. The van der Waals surface area contributed by atoms with Gasteiger partial charge in [-0.3, -0.25) is 14.4 Å². The molecule has 1 amide bonds. The SMILES string of the molecule is COCCn1c(C)cc(C(=O)COC(=O)CCN2C(=O)COc3ccccc32)c1C. The molecule has 2 heterocycles. The van der Waals surface area contributed by atoms with Gasteiger partial charge in [-0.1, -0.05) is 12.1 Å². The van der Waals surface area contributed by atoms with E-state index in [0.717, 1.165) is 11.4 Å². The lowest BCUT2D eigenvalue weighted by atomic mass is 10.1. The molecule has 0 atom stereocenters. The quantitative estimate of drug-likeness (QED) is 0.462. The van der Waals surface area contributed by atoms with Gasteiger partial charge in [0.05, 0.1) is 18.7 Å². The van der Waals surface area contributed by atoms with Crippen LogP contribution >= 0.6 is 0 Å². The van der Waals surface area contributed by atoms with Crippen LogP contribution in [0.4, 0.5) is 5.69 Å². The molecule has 30 heavy (non-hydrogen) atoms. The Morgan fingerprint density at radius 1 is 1.17 bits per heavy atom. The molecule has 1 aliphatic rings. The number of hydrogen-bond donors (Lipinski definition) is 0. The van der Waals surface area contributed by atoms with Gasteiger partial charge in [0, 0.05) is 37.2 Å². The first-order valence-electron chi connectivity index (χ1n) is 9.79. The lowest BCUT2D eigenvalue weighted by molar-refractivity contribution is -0.142. The average molecular weight is 414 g/mol. The standard InChI is InChI=1S/C22H26N2O6/c1-15-12-17(16(2)23(15)10-11-28-3)19(25)13-30-22(27)8-9-24-18-6-4-5-7-20(18)29-14-21(24)26/h4-7,12H,8-11,13-14H2,1-3H3. The zero-order chi connectivity index (χ0) is 21.7. The zero-order valence-corrected chi connectivity index (χ0v) is 17.5. The van der Waals surface area contributed by atoms with Gasteiger partial charge >= 0.3 is 5.97 Å². The molecule has 1 aliphatic heterocycles. The number of anilines is 1. The van der Waals surface area contributed by atoms with Crippen LogP contribution in [-0.4, -0.2) is 55.7 Å². The maximum atomic E-state index is 12.5. The van der Waals surface area contributed by atoms with E-state index in [9.17, 15) is 14.4 Å². The number of benzene rings is 1. The van der Waals surface area contributed by atoms with E-state index in [1.807, 2.05) is 24.5 Å². The third kappa shape index (κ3) is 4.71. The van der Waals surface area contributed by atoms with Crippen LogP contribution in [0.3, 0.4) is 0 Å². The van der Waals surface area contributed by atoms with E-state index < -0.39 is 5.97 Å². The van der Waals surface area contributed by atoms with Crippen molar-refractivity contribution in [1.29, 1.82) is 0 Å². The number of rotatable bonds is 9. The Morgan fingerprint density at radius 2 is 1.93 bits per heavy atom. The molecule has 0 saturated carbocycles. The summed E-state index contributed by atoms with van der Waals surface area (Å²) < 4.78 is 17.7. The molecule has 0 aliphatic carbocycles. The number of nitrogens with zero attached hydrogens (tertiary/aromatic N) is 2. The first kappa shape index (κ1) is 21.6. The number of aromatic nitrogens is 1. The van der Waals surface area contributed by atoms with Crippen LogP contribution in [0, 0.1) is 13.8 Å². The Bertz CT molecular complexity index is 949. The summed E-state index contributed by atoms with van der Waals surface area (Å²) in [5.74, 6) is -0.410. The minimum atomic E-state index is -0.534. The van der Waals surface area contributed by atoms with Crippen molar-refractivity contribution in [2.45, 2.75) is 26.8 Å². The lowest BCUT2D eigenvalue weighted by Gasteiger charge is -2.28. The van der Waals surface area contributed by atoms with Crippen molar-refractivity contribution < 1.29 is 28.6 Å². The molecule has 0 bridgehead atoms. The summed E-state index contributed by atoms with van der Waals surface area (Å²) in [5, 5.41) is 0. The number of ether oxygens (including phenoxy) is 3. The molecule has 8 heteroatoms. The smallest absolute Gasteiger partial charge is 0.308 e. The van der Waals surface area contributed by atoms with Gasteiger partial charge in [-0.25, -0.2) is 0 Å². The van der Waals surface area contributed by atoms with Crippen LogP contribution < -0.4 is 9.64 Å². The highest BCUT2D eigenvalue weighted by atomic mass is 16.5. The summed E-state index contributed by atoms with van der Waals surface area (Å²) >= 11 is 0. The van der Waals surface area contributed by atoms with Gasteiger partial charge in [0.15, 0.2) is 13.2 Å². The highest BCUT2D eigenvalue weighted by Gasteiger charge is 2.26. The van der Waals surface area contributed by atoms with Crippen LogP contribution in [-0.2, 0) is 25.6 Å². The highest BCUT2D eigenvalue weighted by Crippen LogP contribution is 2.31. The number of Topliss-reactive ketones (excluding diaryl/α,β-unsaturated/α-hetero) is 1. The molecular weight excluding hydrogens is 388 g/mol. The number of hydrogen-bond acceptors (Lipinski definition) is 6. The van der Waals surface area contributed by atoms with E-state index in [4.69, 9.17) is 14.2 Å². The molecule has 0 fully saturated rings. The molecule has 1 aromatic carbocycles. The number of methoxy groups -OCH3 is 1. The Labute approximate surface area is 175 Å². The van der Waals surface area contributed by atoms with E-state index in [0.29, 0.717) is 30.2 Å². The molecule has 0 radical (unpaired) electrons. The van der Waals surface area contributed by atoms with Gasteiger partial charge in [-0.15, -0.1) is 0 Å². The van der Waals surface area contributed by atoms with Gasteiger partial charge in [0.25, 0.3) is 5.91 Å². The maximum absolute atomic E-state index is 12.5. The van der Waals surface area contributed by atoms with Crippen molar-refractivity contribution in [1.82, 2.24) is 4.57 Å². The molecular formula is C22H26N2O6. The van der Waals surface area contributed by atoms with Crippen molar-refractivity contribution in [3.63, 3.8) is 0 Å². The predicted octanol–water partition coefficient (Wildman–Crippen LogP) is 2.29. The number of aryl methyl sites for hydroxylation is 1. The second kappa shape index (κ2) is 9.58. The van der Waals surface area contributed by atoms with Gasteiger partial charge in [-0.05, 0) is 32.0 Å². The third-order valence-corrected chi connectivity index (χ3v) is 5.11. The van der Waals surface area contributed by atoms with Gasteiger partial charge in [0.2, 0.25) is 5.78 Å². The third-order valence-electron chi connectivity index (χ3n) is 5.11. The second-order valence-electron chi connectivity index (χ2n) is 7.06. The minimum absolute atomic E-state index is 0.0137. The van der Waals surface area contributed by atoms with Crippen molar-refractivity contribution in [3.8, 4) is 5.75 Å². The number of ketones is 1. The number of carbonyl (C=O) groups is 3. The maximum Gasteiger partial charge on any atom is 0.308 e. The molecule has 3 rings (SSSR count). The summed E-state index contributed by atoms with van der Waals surface area (Å²) in [4.78, 5) is 38.4. The fourth-order valence-corrected chi connectivity index (χ4v) is 3.51. The number of para-hydroxylation sites is 2. The fourth-order valence-electron chi connectivity index (χ4n) is 3.51. The van der Waals surface area contributed by atoms with Gasteiger partial charge < -0.3 is 23.7 Å². The topological polar surface area (TPSA) is 87.1 Å². The van der Waals surface area contributed by atoms with Crippen molar-refractivity contribution in [2.24, 2.45) is 0 Å². The Balaban J connectivity index is 1.54. The Morgan fingerprint density at radius 3 is 2.70 bits per heavy atom. The van der Waals surface area contributed by atoms with E-state index in [-0.39, 0.29) is 37.9 Å². The number of esters is 1. The van der Waals surface area contributed by atoms with E-state index in [1.165, 1.54) is 4.90 Å².